The molecule has 0 bridgehead atoms. The van der Waals surface area contributed by atoms with Crippen molar-refractivity contribution < 1.29 is 9.90 Å². The van der Waals surface area contributed by atoms with Crippen molar-refractivity contribution >= 4 is 16.8 Å². The Balaban J connectivity index is 1.61. The van der Waals surface area contributed by atoms with E-state index in [0.717, 1.165) is 43.0 Å². The summed E-state index contributed by atoms with van der Waals surface area (Å²) in [7, 11) is 0. The van der Waals surface area contributed by atoms with E-state index in [2.05, 4.69) is 30.3 Å². The van der Waals surface area contributed by atoms with E-state index >= 15 is 0 Å². The van der Waals surface area contributed by atoms with E-state index in [1.165, 1.54) is 16.8 Å². The minimum absolute atomic E-state index is 0.0550. The largest absolute Gasteiger partial charge is 0.508 e. The van der Waals surface area contributed by atoms with Gasteiger partial charge in [0.05, 0.1) is 5.52 Å². The van der Waals surface area contributed by atoms with Crippen molar-refractivity contribution in [2.75, 3.05) is 0 Å². The number of fused-ring (bicyclic) bond motifs is 3. The van der Waals surface area contributed by atoms with Crippen LogP contribution in [0.5, 0.6) is 5.75 Å². The maximum absolute atomic E-state index is 13.5. The molecule has 148 valence electrons. The summed E-state index contributed by atoms with van der Waals surface area (Å²) in [5.41, 5.74) is 11.3. The number of hydrogen-bond acceptors (Lipinski definition) is 3. The van der Waals surface area contributed by atoms with Crippen LogP contribution in [0.25, 0.3) is 10.9 Å². The maximum Gasteiger partial charge on any atom is 0.231 e. The van der Waals surface area contributed by atoms with Crippen LogP contribution in [0.3, 0.4) is 0 Å². The number of hydrogen-bond donors (Lipinski definition) is 2. The molecule has 4 heteroatoms. The van der Waals surface area contributed by atoms with Gasteiger partial charge in [-0.05, 0) is 66.3 Å². The van der Waals surface area contributed by atoms with Gasteiger partial charge < -0.3 is 10.8 Å². The number of aromatic hydroxyl groups is 1. The zero-order valence-electron chi connectivity index (χ0n) is 16.5. The second-order valence-corrected chi connectivity index (χ2v) is 9.40. The molecule has 29 heavy (non-hydrogen) atoms. The first kappa shape index (κ1) is 17.3. The molecule has 0 saturated heterocycles. The van der Waals surface area contributed by atoms with E-state index < -0.39 is 0 Å². The highest BCUT2D eigenvalue weighted by Crippen LogP contribution is 2.61. The van der Waals surface area contributed by atoms with Crippen LogP contribution < -0.4 is 5.73 Å². The minimum Gasteiger partial charge on any atom is -0.508 e. The van der Waals surface area contributed by atoms with Crippen molar-refractivity contribution in [3.05, 3.63) is 65.4 Å². The number of nitrogens with two attached hydrogens (primary N) is 1. The Morgan fingerprint density at radius 1 is 1.17 bits per heavy atom. The Bertz CT molecular complexity index is 1130. The second kappa shape index (κ2) is 5.96. The molecule has 1 aliphatic heterocycles. The summed E-state index contributed by atoms with van der Waals surface area (Å²) in [6.07, 6.45) is 5.66. The summed E-state index contributed by atoms with van der Waals surface area (Å²) in [6, 6.07) is 16.1. The van der Waals surface area contributed by atoms with E-state index in [0.29, 0.717) is 18.3 Å². The van der Waals surface area contributed by atoms with Crippen molar-refractivity contribution in [1.29, 1.82) is 0 Å². The van der Waals surface area contributed by atoms with Crippen LogP contribution in [0.4, 0.5) is 0 Å². The number of phenols is 1. The van der Waals surface area contributed by atoms with Gasteiger partial charge in [-0.15, -0.1) is 0 Å². The van der Waals surface area contributed by atoms with Crippen LogP contribution in [0, 0.1) is 11.3 Å². The third-order valence-electron chi connectivity index (χ3n) is 7.83. The van der Waals surface area contributed by atoms with Gasteiger partial charge in [0.2, 0.25) is 5.91 Å². The summed E-state index contributed by atoms with van der Waals surface area (Å²) in [5, 5.41) is 11.1. The lowest BCUT2D eigenvalue weighted by molar-refractivity contribution is 0.0351. The van der Waals surface area contributed by atoms with Crippen LogP contribution in [-0.4, -0.2) is 21.6 Å². The summed E-state index contributed by atoms with van der Waals surface area (Å²) < 4.78 is 1.97. The first-order valence-corrected chi connectivity index (χ1v) is 10.8. The molecule has 3 N–H and O–H groups in total. The van der Waals surface area contributed by atoms with E-state index in [4.69, 9.17) is 5.73 Å². The lowest BCUT2D eigenvalue weighted by Crippen LogP contribution is -2.53. The van der Waals surface area contributed by atoms with Crippen molar-refractivity contribution in [1.82, 2.24) is 4.57 Å². The Labute approximate surface area is 170 Å². The molecular weight excluding hydrogens is 360 g/mol. The summed E-state index contributed by atoms with van der Waals surface area (Å²) in [6.45, 7) is 0. The number of carbonyl (C=O) groups is 1. The quantitative estimate of drug-likeness (QED) is 0.686. The van der Waals surface area contributed by atoms with E-state index in [9.17, 15) is 9.90 Å². The Hall–Kier alpha value is -2.59. The molecule has 2 aromatic carbocycles. The van der Waals surface area contributed by atoms with E-state index in [1.54, 1.807) is 6.07 Å². The summed E-state index contributed by atoms with van der Waals surface area (Å²) in [5.74, 6) is 1.18. The zero-order valence-corrected chi connectivity index (χ0v) is 16.5. The smallest absolute Gasteiger partial charge is 0.231 e. The highest BCUT2D eigenvalue weighted by atomic mass is 16.3. The monoisotopic (exact) mass is 386 g/mol. The molecule has 1 saturated carbocycles. The molecule has 2 heterocycles. The first-order chi connectivity index (χ1) is 14.1. The number of nitrogens with zero attached hydrogens (tertiary/aromatic N) is 1. The molecule has 3 aliphatic rings. The average molecular weight is 386 g/mol. The third-order valence-corrected chi connectivity index (χ3v) is 7.83. The normalized spacial score (nSPS) is 30.4. The Kier molecular flexibility index (Phi) is 3.55. The van der Waals surface area contributed by atoms with Crippen LogP contribution in [-0.2, 0) is 12.8 Å². The molecule has 0 radical (unpaired) electrons. The van der Waals surface area contributed by atoms with Gasteiger partial charge >= 0.3 is 0 Å². The number of benzene rings is 2. The zero-order chi connectivity index (χ0) is 19.8. The lowest BCUT2D eigenvalue weighted by atomic mass is 9.52. The fourth-order valence-electron chi connectivity index (χ4n) is 6.82. The number of carbonyl (C=O) groups excluding carboxylic acids is 1. The van der Waals surface area contributed by atoms with Crippen LogP contribution in [0.15, 0.2) is 48.5 Å². The van der Waals surface area contributed by atoms with Gasteiger partial charge in [-0.25, -0.2) is 0 Å². The van der Waals surface area contributed by atoms with Gasteiger partial charge in [0, 0.05) is 29.5 Å². The lowest BCUT2D eigenvalue weighted by Gasteiger charge is -2.54. The molecular formula is C25H26N2O2. The Morgan fingerprint density at radius 2 is 2.00 bits per heavy atom. The van der Waals surface area contributed by atoms with Crippen molar-refractivity contribution in [2.45, 2.75) is 50.5 Å². The van der Waals surface area contributed by atoms with Crippen LogP contribution in [0.1, 0.15) is 53.2 Å². The Morgan fingerprint density at radius 3 is 2.83 bits per heavy atom. The van der Waals surface area contributed by atoms with Gasteiger partial charge in [0.1, 0.15) is 5.75 Å². The molecule has 4 atom stereocenters. The van der Waals surface area contributed by atoms with Crippen molar-refractivity contribution in [3.8, 4) is 5.75 Å². The predicted molar refractivity (Wildman–Crippen MR) is 113 cm³/mol. The van der Waals surface area contributed by atoms with Gasteiger partial charge in [-0.1, -0.05) is 36.8 Å². The number of phenolic OH excluding ortho intramolecular Hbond substituents is 1. The fraction of sp³-hybridized carbons (Fsp3) is 0.400. The third kappa shape index (κ3) is 2.32. The SMILES string of the molecule is N[C@@H]1Cc2c3n(c4ccc(O)cc24)C(=O)C[C@@]2(Cc4ccccc4)CCC[C@@H]1[C@@H]32. The van der Waals surface area contributed by atoms with Crippen molar-refractivity contribution in [2.24, 2.45) is 17.1 Å². The van der Waals surface area contributed by atoms with Gasteiger partial charge in [-0.3, -0.25) is 9.36 Å². The number of rotatable bonds is 2. The maximum atomic E-state index is 13.5. The molecule has 0 amide bonds. The van der Waals surface area contributed by atoms with Gasteiger partial charge in [-0.2, -0.15) is 0 Å². The summed E-state index contributed by atoms with van der Waals surface area (Å²) >= 11 is 0. The molecule has 0 spiro atoms. The van der Waals surface area contributed by atoms with Crippen molar-refractivity contribution in [3.63, 3.8) is 0 Å². The van der Waals surface area contributed by atoms with Crippen LogP contribution >= 0.6 is 0 Å². The fourth-order valence-corrected chi connectivity index (χ4v) is 6.82. The molecule has 1 fully saturated rings. The molecule has 1 aromatic heterocycles. The topological polar surface area (TPSA) is 68.2 Å². The molecule has 3 aromatic rings. The van der Waals surface area contributed by atoms with Gasteiger partial charge in [0.15, 0.2) is 0 Å². The highest BCUT2D eigenvalue weighted by molar-refractivity contribution is 5.98. The first-order valence-electron chi connectivity index (χ1n) is 10.8. The summed E-state index contributed by atoms with van der Waals surface area (Å²) in [4.78, 5) is 13.5. The van der Waals surface area contributed by atoms with Crippen LogP contribution in [0.2, 0.25) is 0 Å². The van der Waals surface area contributed by atoms with Gasteiger partial charge in [0.25, 0.3) is 0 Å². The number of aromatic nitrogens is 1. The predicted octanol–water partition coefficient (Wildman–Crippen LogP) is 4.39. The standard InChI is InChI=1S/C25H26N2O2/c26-20-12-19-18-11-16(28)8-9-21(18)27-22(29)14-25(13-15-5-2-1-3-6-15)10-4-7-17(20)23(25)24(19)27/h1-3,5-6,8-9,11,17,20,23,28H,4,7,10,12-14,26H2/t17-,20+,23-,25-/m0/s1. The molecule has 0 unspecified atom stereocenters. The highest BCUT2D eigenvalue weighted by Gasteiger charge is 2.56. The minimum atomic E-state index is -0.0550. The second-order valence-electron chi connectivity index (χ2n) is 9.40. The van der Waals surface area contributed by atoms with E-state index in [-0.39, 0.29) is 23.1 Å². The molecule has 2 aliphatic carbocycles. The molecule has 4 nitrogen and oxygen atoms in total. The average Bonchev–Trinajstić information content (AvgIpc) is 3.02. The van der Waals surface area contributed by atoms with E-state index in [1.807, 2.05) is 16.7 Å². The molecule has 6 rings (SSSR count).